The molecule has 1 heterocycles. The summed E-state index contributed by atoms with van der Waals surface area (Å²) < 4.78 is 1.86. The number of fused-ring (bicyclic) bond motifs is 9. The number of para-hydroxylation sites is 1. The van der Waals surface area contributed by atoms with Gasteiger partial charge in [-0.05, 0) is 97.6 Å². The Bertz CT molecular complexity index is 2520. The summed E-state index contributed by atoms with van der Waals surface area (Å²) in [6.07, 6.45) is 5.64. The molecule has 2 heteroatoms. The summed E-state index contributed by atoms with van der Waals surface area (Å²) in [5.41, 5.74) is 8.28. The lowest BCUT2D eigenvalue weighted by molar-refractivity contribution is 0.835. The molecule has 0 aliphatic heterocycles. The first-order valence-corrected chi connectivity index (χ1v) is 15.6. The lowest BCUT2D eigenvalue weighted by Gasteiger charge is -2.24. The first-order valence-electron chi connectivity index (χ1n) is 15.6. The van der Waals surface area contributed by atoms with Gasteiger partial charge in [0.2, 0.25) is 0 Å². The molecule has 1 atom stereocenters. The molecule has 0 saturated heterocycles. The maximum atomic E-state index is 13.8. The van der Waals surface area contributed by atoms with Crippen LogP contribution < -0.4 is 5.56 Å². The number of hydrogen-bond acceptors (Lipinski definition) is 1. The van der Waals surface area contributed by atoms with Crippen molar-refractivity contribution in [2.75, 3.05) is 0 Å². The van der Waals surface area contributed by atoms with Crippen LogP contribution in [0.1, 0.15) is 22.6 Å². The van der Waals surface area contributed by atoms with Crippen molar-refractivity contribution in [3.05, 3.63) is 179 Å². The van der Waals surface area contributed by atoms with Crippen LogP contribution in [0.3, 0.4) is 0 Å². The van der Waals surface area contributed by atoms with Gasteiger partial charge in [0.25, 0.3) is 5.56 Å². The van der Waals surface area contributed by atoms with Gasteiger partial charge in [-0.25, -0.2) is 0 Å². The van der Waals surface area contributed by atoms with Crippen LogP contribution in [-0.4, -0.2) is 4.57 Å². The minimum atomic E-state index is 0.0114. The predicted molar refractivity (Wildman–Crippen MR) is 189 cm³/mol. The highest BCUT2D eigenvalue weighted by atomic mass is 16.1. The second-order valence-electron chi connectivity index (χ2n) is 12.0. The fraction of sp³-hybridized carbons (Fsp3) is 0.0465. The highest BCUT2D eigenvalue weighted by Gasteiger charge is 2.22. The highest BCUT2D eigenvalue weighted by Crippen LogP contribution is 2.42. The van der Waals surface area contributed by atoms with Crippen LogP contribution in [0.15, 0.2) is 156 Å². The Hall–Kier alpha value is -5.73. The molecule has 1 aliphatic rings. The van der Waals surface area contributed by atoms with Gasteiger partial charge >= 0.3 is 0 Å². The summed E-state index contributed by atoms with van der Waals surface area (Å²) in [5.74, 6) is 0.224. The van der Waals surface area contributed by atoms with Crippen molar-refractivity contribution in [3.63, 3.8) is 0 Å². The zero-order valence-electron chi connectivity index (χ0n) is 24.7. The molecule has 0 radical (unpaired) electrons. The van der Waals surface area contributed by atoms with Gasteiger partial charge in [-0.3, -0.25) is 9.36 Å². The third-order valence-corrected chi connectivity index (χ3v) is 9.56. The SMILES string of the molecule is O=c1c2ccccc2c2cc(C3C=Cc4c(c5ccccc5c5cc(-c6ccccc6)ccc45)C3)ccc2n1-c1ccccc1. The van der Waals surface area contributed by atoms with E-state index in [0.717, 1.165) is 33.8 Å². The van der Waals surface area contributed by atoms with Gasteiger partial charge in [0.1, 0.15) is 0 Å². The Kier molecular flexibility index (Phi) is 5.82. The quantitative estimate of drug-likeness (QED) is 0.192. The Morgan fingerprint density at radius 1 is 0.511 bits per heavy atom. The van der Waals surface area contributed by atoms with E-state index in [1.54, 1.807) is 0 Å². The molecule has 7 aromatic carbocycles. The topological polar surface area (TPSA) is 22.0 Å². The fourth-order valence-corrected chi connectivity index (χ4v) is 7.40. The maximum absolute atomic E-state index is 13.8. The second-order valence-corrected chi connectivity index (χ2v) is 12.0. The molecule has 0 saturated carbocycles. The van der Waals surface area contributed by atoms with E-state index in [2.05, 4.69) is 109 Å². The van der Waals surface area contributed by atoms with E-state index in [1.807, 2.05) is 53.1 Å². The largest absolute Gasteiger partial charge is 0.276 e. The van der Waals surface area contributed by atoms with Crippen LogP contribution in [0.2, 0.25) is 0 Å². The van der Waals surface area contributed by atoms with Gasteiger partial charge in [-0.1, -0.05) is 121 Å². The van der Waals surface area contributed by atoms with E-state index in [-0.39, 0.29) is 11.5 Å². The molecular formula is C43H29NO. The van der Waals surface area contributed by atoms with E-state index in [1.165, 1.54) is 49.4 Å². The molecule has 0 amide bonds. The van der Waals surface area contributed by atoms with E-state index in [9.17, 15) is 4.79 Å². The number of aromatic nitrogens is 1. The van der Waals surface area contributed by atoms with Crippen molar-refractivity contribution in [3.8, 4) is 16.8 Å². The lowest BCUT2D eigenvalue weighted by Crippen LogP contribution is -2.19. The van der Waals surface area contributed by atoms with Crippen molar-refractivity contribution >= 4 is 49.3 Å². The summed E-state index contributed by atoms with van der Waals surface area (Å²) in [4.78, 5) is 13.8. The number of pyridine rings is 1. The van der Waals surface area contributed by atoms with Crippen LogP contribution in [0.4, 0.5) is 0 Å². The summed E-state index contributed by atoms with van der Waals surface area (Å²) >= 11 is 0. The van der Waals surface area contributed by atoms with Gasteiger partial charge in [0.05, 0.1) is 5.52 Å². The first kappa shape index (κ1) is 25.7. The average Bonchev–Trinajstić information content (AvgIpc) is 3.12. The van der Waals surface area contributed by atoms with Crippen molar-refractivity contribution in [2.45, 2.75) is 12.3 Å². The van der Waals surface area contributed by atoms with Crippen molar-refractivity contribution in [1.29, 1.82) is 0 Å². The van der Waals surface area contributed by atoms with Crippen LogP contribution in [0, 0.1) is 0 Å². The highest BCUT2D eigenvalue weighted by molar-refractivity contribution is 6.14. The zero-order valence-corrected chi connectivity index (χ0v) is 24.7. The predicted octanol–water partition coefficient (Wildman–Crippen LogP) is 10.5. The van der Waals surface area contributed by atoms with Crippen molar-refractivity contribution < 1.29 is 0 Å². The first-order chi connectivity index (χ1) is 22.2. The average molecular weight is 576 g/mol. The maximum Gasteiger partial charge on any atom is 0.263 e. The molecule has 0 bridgehead atoms. The molecule has 0 spiro atoms. The third-order valence-electron chi connectivity index (χ3n) is 9.56. The molecule has 2 nitrogen and oxygen atoms in total. The molecule has 1 aliphatic carbocycles. The zero-order chi connectivity index (χ0) is 29.9. The van der Waals surface area contributed by atoms with Crippen molar-refractivity contribution in [1.82, 2.24) is 4.57 Å². The van der Waals surface area contributed by atoms with Gasteiger partial charge in [0.15, 0.2) is 0 Å². The summed E-state index contributed by atoms with van der Waals surface area (Å²) in [5, 5.41) is 8.06. The number of hydrogen-bond donors (Lipinski definition) is 0. The van der Waals surface area contributed by atoms with Crippen LogP contribution in [-0.2, 0) is 6.42 Å². The van der Waals surface area contributed by atoms with Gasteiger partial charge in [-0.2, -0.15) is 0 Å². The van der Waals surface area contributed by atoms with Crippen LogP contribution >= 0.6 is 0 Å². The van der Waals surface area contributed by atoms with E-state index in [0.29, 0.717) is 0 Å². The molecule has 45 heavy (non-hydrogen) atoms. The standard InChI is InChI=1S/C43H29NO/c45-43-38-18-10-9-17-35(38)41-27-31(21-24-42(41)44(43)32-13-5-2-6-14-32)30-20-23-37-36-22-19-29(28-11-3-1-4-12-28)25-39(36)33-15-7-8-16-34(33)40(37)26-30/h1-25,27,30H,26H2. The third kappa shape index (κ3) is 4.07. The normalized spacial score (nSPS) is 14.4. The lowest BCUT2D eigenvalue weighted by atomic mass is 9.80. The molecule has 8 aromatic rings. The minimum absolute atomic E-state index is 0.0114. The van der Waals surface area contributed by atoms with E-state index < -0.39 is 0 Å². The number of benzene rings is 7. The fourth-order valence-electron chi connectivity index (χ4n) is 7.40. The number of allylic oxidation sites excluding steroid dienone is 1. The van der Waals surface area contributed by atoms with Gasteiger partial charge in [-0.15, -0.1) is 0 Å². The van der Waals surface area contributed by atoms with Crippen LogP contribution in [0.25, 0.3) is 66.1 Å². The number of nitrogens with zero attached hydrogens (tertiary/aromatic N) is 1. The summed E-state index contributed by atoms with van der Waals surface area (Å²) in [6.45, 7) is 0. The molecule has 0 fully saturated rings. The molecule has 0 N–H and O–H groups in total. The Morgan fingerprint density at radius 2 is 1.18 bits per heavy atom. The minimum Gasteiger partial charge on any atom is -0.276 e. The second kappa shape index (κ2) is 10.2. The monoisotopic (exact) mass is 575 g/mol. The molecule has 1 unspecified atom stereocenters. The molecular weight excluding hydrogens is 546 g/mol. The Balaban J connectivity index is 1.21. The molecule has 9 rings (SSSR count). The molecule has 1 aromatic heterocycles. The summed E-state index contributed by atoms with van der Waals surface area (Å²) in [6, 6.07) is 51.0. The van der Waals surface area contributed by atoms with Gasteiger partial charge < -0.3 is 0 Å². The Morgan fingerprint density at radius 3 is 1.96 bits per heavy atom. The van der Waals surface area contributed by atoms with E-state index in [4.69, 9.17) is 0 Å². The number of rotatable bonds is 3. The summed E-state index contributed by atoms with van der Waals surface area (Å²) in [7, 11) is 0. The van der Waals surface area contributed by atoms with Gasteiger partial charge in [0, 0.05) is 22.4 Å². The van der Waals surface area contributed by atoms with E-state index >= 15 is 0 Å². The van der Waals surface area contributed by atoms with Crippen molar-refractivity contribution in [2.24, 2.45) is 0 Å². The Labute approximate surface area is 261 Å². The van der Waals surface area contributed by atoms with Crippen LogP contribution in [0.5, 0.6) is 0 Å². The molecule has 212 valence electrons. The smallest absolute Gasteiger partial charge is 0.263 e.